The Bertz CT molecular complexity index is 260. The minimum Gasteiger partial charge on any atom is -0.341 e. The monoisotopic (exact) mass is 208 g/mol. The number of benzene rings is 1. The van der Waals surface area contributed by atoms with Gasteiger partial charge < -0.3 is 10.6 Å². The van der Waals surface area contributed by atoms with E-state index in [9.17, 15) is 4.79 Å². The third kappa shape index (κ3) is 6.55. The molecule has 0 aliphatic carbocycles. The largest absolute Gasteiger partial charge is 0.341 e. The zero-order valence-electron chi connectivity index (χ0n) is 9.71. The highest BCUT2D eigenvalue weighted by Gasteiger charge is 1.94. The second-order valence-corrected chi connectivity index (χ2v) is 2.74. The van der Waals surface area contributed by atoms with Crippen LogP contribution < -0.4 is 10.6 Å². The average molecular weight is 208 g/mol. The maximum Gasteiger partial charge on any atom is 0.314 e. The number of carbonyl (C=O) groups is 1. The molecule has 0 radical (unpaired) electrons. The van der Waals surface area contributed by atoms with Gasteiger partial charge in [0, 0.05) is 13.6 Å². The molecule has 2 amide bonds. The van der Waals surface area contributed by atoms with Crippen molar-refractivity contribution in [3.05, 3.63) is 35.9 Å². The van der Waals surface area contributed by atoms with Gasteiger partial charge in [-0.2, -0.15) is 0 Å². The molecule has 84 valence electrons. The van der Waals surface area contributed by atoms with Crippen molar-refractivity contribution in [1.29, 1.82) is 0 Å². The molecular formula is C12H20N2O. The van der Waals surface area contributed by atoms with Crippen molar-refractivity contribution in [2.75, 3.05) is 13.6 Å². The summed E-state index contributed by atoms with van der Waals surface area (Å²) in [5.74, 6) is 0. The van der Waals surface area contributed by atoms with Gasteiger partial charge in [-0.3, -0.25) is 0 Å². The van der Waals surface area contributed by atoms with Gasteiger partial charge in [-0.1, -0.05) is 44.2 Å². The van der Waals surface area contributed by atoms with Gasteiger partial charge in [0.05, 0.1) is 0 Å². The van der Waals surface area contributed by atoms with Crippen molar-refractivity contribution in [2.24, 2.45) is 0 Å². The van der Waals surface area contributed by atoms with Gasteiger partial charge >= 0.3 is 6.03 Å². The minimum absolute atomic E-state index is 0.129. The fraction of sp³-hybridized carbons (Fsp3) is 0.417. The standard InChI is InChI=1S/C10H14N2O.C2H6/c1-11-10(13)12-8-7-9-5-3-2-4-6-9;1-2/h2-6H,7-8H2,1H3,(H2,11,12,13);1-2H3. The summed E-state index contributed by atoms with van der Waals surface area (Å²) in [6.45, 7) is 4.67. The molecule has 1 aromatic rings. The summed E-state index contributed by atoms with van der Waals surface area (Å²) in [6.07, 6.45) is 0.869. The van der Waals surface area contributed by atoms with Crippen molar-refractivity contribution in [3.8, 4) is 0 Å². The molecule has 1 rings (SSSR count). The molecule has 3 heteroatoms. The first-order valence-corrected chi connectivity index (χ1v) is 5.32. The van der Waals surface area contributed by atoms with Crippen molar-refractivity contribution in [3.63, 3.8) is 0 Å². The summed E-state index contributed by atoms with van der Waals surface area (Å²) < 4.78 is 0. The Labute approximate surface area is 91.9 Å². The molecule has 0 atom stereocenters. The van der Waals surface area contributed by atoms with Crippen LogP contribution in [0, 0.1) is 0 Å². The lowest BCUT2D eigenvalue weighted by molar-refractivity contribution is 0.243. The normalized spacial score (nSPS) is 8.47. The predicted octanol–water partition coefficient (Wildman–Crippen LogP) is 2.18. The SMILES string of the molecule is CC.CNC(=O)NCCc1ccccc1. The van der Waals surface area contributed by atoms with Crippen molar-refractivity contribution >= 4 is 6.03 Å². The number of hydrogen-bond donors (Lipinski definition) is 2. The van der Waals surface area contributed by atoms with Crippen LogP contribution in [0.15, 0.2) is 30.3 Å². The first-order chi connectivity index (χ1) is 7.33. The van der Waals surface area contributed by atoms with Gasteiger partial charge in [-0.25, -0.2) is 4.79 Å². The Morgan fingerprint density at radius 2 is 1.80 bits per heavy atom. The molecule has 3 nitrogen and oxygen atoms in total. The first-order valence-electron chi connectivity index (χ1n) is 5.32. The van der Waals surface area contributed by atoms with Crippen molar-refractivity contribution in [1.82, 2.24) is 10.6 Å². The van der Waals surface area contributed by atoms with Crippen LogP contribution in [0.4, 0.5) is 4.79 Å². The van der Waals surface area contributed by atoms with E-state index in [1.165, 1.54) is 5.56 Å². The molecule has 0 aliphatic rings. The van der Waals surface area contributed by atoms with Gasteiger partial charge in [0.2, 0.25) is 0 Å². The molecular weight excluding hydrogens is 188 g/mol. The zero-order chi connectivity index (χ0) is 11.5. The van der Waals surface area contributed by atoms with E-state index < -0.39 is 0 Å². The summed E-state index contributed by atoms with van der Waals surface area (Å²) in [6, 6.07) is 9.94. The highest BCUT2D eigenvalue weighted by Crippen LogP contribution is 1.97. The molecule has 15 heavy (non-hydrogen) atoms. The Balaban J connectivity index is 0.000000921. The second kappa shape index (κ2) is 9.06. The molecule has 2 N–H and O–H groups in total. The van der Waals surface area contributed by atoms with Gasteiger partial charge in [0.25, 0.3) is 0 Å². The number of urea groups is 1. The zero-order valence-corrected chi connectivity index (χ0v) is 9.71. The van der Waals surface area contributed by atoms with Crippen LogP contribution in [0.3, 0.4) is 0 Å². The van der Waals surface area contributed by atoms with Crippen molar-refractivity contribution < 1.29 is 4.79 Å². The highest BCUT2D eigenvalue weighted by molar-refractivity contribution is 5.73. The number of carbonyl (C=O) groups excluding carboxylic acids is 1. The van der Waals surface area contributed by atoms with E-state index in [2.05, 4.69) is 10.6 Å². The molecule has 0 spiro atoms. The van der Waals surface area contributed by atoms with Gasteiger partial charge in [-0.15, -0.1) is 0 Å². The van der Waals surface area contributed by atoms with E-state index in [0.29, 0.717) is 6.54 Å². The Kier molecular flexibility index (Phi) is 8.15. The summed E-state index contributed by atoms with van der Waals surface area (Å²) in [5, 5.41) is 5.23. The molecule has 0 saturated heterocycles. The second-order valence-electron chi connectivity index (χ2n) is 2.74. The molecule has 0 bridgehead atoms. The summed E-state index contributed by atoms with van der Waals surface area (Å²) >= 11 is 0. The molecule has 0 heterocycles. The van der Waals surface area contributed by atoms with E-state index in [0.717, 1.165) is 6.42 Å². The van der Waals surface area contributed by atoms with E-state index in [1.54, 1.807) is 7.05 Å². The Hall–Kier alpha value is -1.51. The fourth-order valence-corrected chi connectivity index (χ4v) is 1.05. The molecule has 1 aromatic carbocycles. The number of nitrogens with one attached hydrogen (secondary N) is 2. The number of amides is 2. The number of rotatable bonds is 3. The van der Waals surface area contributed by atoms with Crippen LogP contribution >= 0.6 is 0 Å². The van der Waals surface area contributed by atoms with E-state index in [1.807, 2.05) is 44.2 Å². The maximum atomic E-state index is 10.8. The van der Waals surface area contributed by atoms with E-state index in [4.69, 9.17) is 0 Å². The molecule has 0 fully saturated rings. The molecule has 0 aromatic heterocycles. The first kappa shape index (κ1) is 13.5. The van der Waals surface area contributed by atoms with Crippen LogP contribution in [0.2, 0.25) is 0 Å². The van der Waals surface area contributed by atoms with E-state index in [-0.39, 0.29) is 6.03 Å². The lowest BCUT2D eigenvalue weighted by Gasteiger charge is -2.03. The summed E-state index contributed by atoms with van der Waals surface area (Å²) in [7, 11) is 1.61. The lowest BCUT2D eigenvalue weighted by Crippen LogP contribution is -2.33. The number of hydrogen-bond acceptors (Lipinski definition) is 1. The molecule has 0 saturated carbocycles. The van der Waals surface area contributed by atoms with Crippen LogP contribution in [-0.4, -0.2) is 19.6 Å². The van der Waals surface area contributed by atoms with Gasteiger partial charge in [0.15, 0.2) is 0 Å². The fourth-order valence-electron chi connectivity index (χ4n) is 1.05. The van der Waals surface area contributed by atoms with E-state index >= 15 is 0 Å². The van der Waals surface area contributed by atoms with Crippen LogP contribution in [0.25, 0.3) is 0 Å². The van der Waals surface area contributed by atoms with Crippen molar-refractivity contribution in [2.45, 2.75) is 20.3 Å². The Morgan fingerprint density at radius 1 is 1.20 bits per heavy atom. The summed E-state index contributed by atoms with van der Waals surface area (Å²) in [4.78, 5) is 10.8. The van der Waals surface area contributed by atoms with Gasteiger partial charge in [-0.05, 0) is 12.0 Å². The van der Waals surface area contributed by atoms with Gasteiger partial charge in [0.1, 0.15) is 0 Å². The molecule has 0 unspecified atom stereocenters. The third-order valence-corrected chi connectivity index (χ3v) is 1.77. The quantitative estimate of drug-likeness (QED) is 0.785. The smallest absolute Gasteiger partial charge is 0.314 e. The lowest BCUT2D eigenvalue weighted by atomic mass is 10.1. The summed E-state index contributed by atoms with van der Waals surface area (Å²) in [5.41, 5.74) is 1.24. The van der Waals surface area contributed by atoms with Crippen LogP contribution in [-0.2, 0) is 6.42 Å². The topological polar surface area (TPSA) is 41.1 Å². The highest BCUT2D eigenvalue weighted by atomic mass is 16.2. The third-order valence-electron chi connectivity index (χ3n) is 1.77. The minimum atomic E-state index is -0.129. The Morgan fingerprint density at radius 3 is 2.33 bits per heavy atom. The predicted molar refractivity (Wildman–Crippen MR) is 64.0 cm³/mol. The molecule has 0 aliphatic heterocycles. The van der Waals surface area contributed by atoms with Crippen LogP contribution in [0.5, 0.6) is 0 Å². The maximum absolute atomic E-state index is 10.8. The van der Waals surface area contributed by atoms with Crippen LogP contribution in [0.1, 0.15) is 19.4 Å². The average Bonchev–Trinajstić information content (AvgIpc) is 2.33.